The summed E-state index contributed by atoms with van der Waals surface area (Å²) in [6, 6.07) is 0.755. The van der Waals surface area contributed by atoms with Gasteiger partial charge in [0.15, 0.2) is 5.78 Å². The van der Waals surface area contributed by atoms with Gasteiger partial charge in [-0.2, -0.15) is 0 Å². The molecule has 6 nitrogen and oxygen atoms in total. The van der Waals surface area contributed by atoms with Crippen molar-refractivity contribution in [3.8, 4) is 0 Å². The van der Waals surface area contributed by atoms with Gasteiger partial charge in [0.25, 0.3) is 5.91 Å². The van der Waals surface area contributed by atoms with Gasteiger partial charge < -0.3 is 14.6 Å². The Kier molecular flexibility index (Phi) is 3.42. The van der Waals surface area contributed by atoms with E-state index in [1.54, 1.807) is 17.8 Å². The van der Waals surface area contributed by atoms with Gasteiger partial charge in [-0.05, 0) is 25.8 Å². The first-order chi connectivity index (χ1) is 8.91. The first-order valence-electron chi connectivity index (χ1n) is 6.13. The van der Waals surface area contributed by atoms with Crippen LogP contribution in [0.1, 0.15) is 40.6 Å². The smallest absolute Gasteiger partial charge is 0.326 e. The van der Waals surface area contributed by atoms with Gasteiger partial charge in [0, 0.05) is 25.4 Å². The Morgan fingerprint density at radius 1 is 1.37 bits per heavy atom. The van der Waals surface area contributed by atoms with Crippen molar-refractivity contribution >= 4 is 17.7 Å². The quantitative estimate of drug-likeness (QED) is 0.823. The predicted molar refractivity (Wildman–Crippen MR) is 67.1 cm³/mol. The first kappa shape index (κ1) is 13.3. The molecule has 19 heavy (non-hydrogen) atoms. The van der Waals surface area contributed by atoms with E-state index in [1.165, 1.54) is 17.9 Å². The van der Waals surface area contributed by atoms with Crippen molar-refractivity contribution in [1.29, 1.82) is 0 Å². The van der Waals surface area contributed by atoms with Gasteiger partial charge in [-0.15, -0.1) is 0 Å². The fourth-order valence-corrected chi connectivity index (χ4v) is 2.38. The summed E-state index contributed by atoms with van der Waals surface area (Å²) >= 11 is 0. The Morgan fingerprint density at radius 2 is 2.05 bits per heavy atom. The van der Waals surface area contributed by atoms with Crippen molar-refractivity contribution < 1.29 is 19.5 Å². The number of ketones is 1. The SMILES string of the molecule is CC(=O)c1cc(C(=O)N2CCC[C@@H]2C(=O)O)n(C)c1. The molecular formula is C13H16N2O4. The zero-order valence-electron chi connectivity index (χ0n) is 10.9. The number of aliphatic carboxylic acids is 1. The molecule has 1 amide bonds. The molecule has 0 aliphatic carbocycles. The lowest BCUT2D eigenvalue weighted by Gasteiger charge is -2.21. The number of Topliss-reactive ketones (excluding diaryl/α,β-unsaturated/α-hetero) is 1. The van der Waals surface area contributed by atoms with Crippen molar-refractivity contribution in [2.24, 2.45) is 7.05 Å². The van der Waals surface area contributed by atoms with E-state index in [0.29, 0.717) is 30.6 Å². The molecule has 0 unspecified atom stereocenters. The number of carboxylic acids is 1. The maximum atomic E-state index is 12.3. The van der Waals surface area contributed by atoms with Crippen molar-refractivity contribution in [3.05, 3.63) is 23.5 Å². The Morgan fingerprint density at radius 3 is 2.58 bits per heavy atom. The Balaban J connectivity index is 2.29. The number of aryl methyl sites for hydroxylation is 1. The zero-order valence-corrected chi connectivity index (χ0v) is 10.9. The topological polar surface area (TPSA) is 79.6 Å². The molecule has 0 spiro atoms. The molecule has 0 aromatic carbocycles. The van der Waals surface area contributed by atoms with Crippen molar-refractivity contribution in [2.45, 2.75) is 25.8 Å². The van der Waals surface area contributed by atoms with Crippen LogP contribution in [0.3, 0.4) is 0 Å². The van der Waals surface area contributed by atoms with Crippen molar-refractivity contribution in [1.82, 2.24) is 9.47 Å². The second kappa shape index (κ2) is 4.87. The monoisotopic (exact) mass is 264 g/mol. The highest BCUT2D eigenvalue weighted by Gasteiger charge is 2.35. The summed E-state index contributed by atoms with van der Waals surface area (Å²) in [5.74, 6) is -1.43. The number of rotatable bonds is 3. The lowest BCUT2D eigenvalue weighted by atomic mass is 10.2. The number of carboxylic acid groups (broad SMARTS) is 1. The summed E-state index contributed by atoms with van der Waals surface area (Å²) in [5.41, 5.74) is 0.801. The number of aromatic nitrogens is 1. The summed E-state index contributed by atoms with van der Waals surface area (Å²) in [6.07, 6.45) is 2.75. The number of nitrogens with zero attached hydrogens (tertiary/aromatic N) is 2. The van der Waals surface area contributed by atoms with Crippen LogP contribution in [0.5, 0.6) is 0 Å². The fourth-order valence-electron chi connectivity index (χ4n) is 2.38. The van der Waals surface area contributed by atoms with Crippen molar-refractivity contribution in [3.63, 3.8) is 0 Å². The van der Waals surface area contributed by atoms with Gasteiger partial charge in [0.05, 0.1) is 0 Å². The van der Waals surface area contributed by atoms with E-state index >= 15 is 0 Å². The minimum Gasteiger partial charge on any atom is -0.480 e. The minimum absolute atomic E-state index is 0.120. The third-order valence-corrected chi connectivity index (χ3v) is 3.43. The number of carbonyl (C=O) groups is 3. The van der Waals surface area contributed by atoms with Gasteiger partial charge in [-0.25, -0.2) is 4.79 Å². The largest absolute Gasteiger partial charge is 0.480 e. The van der Waals surface area contributed by atoms with Gasteiger partial charge in [0.1, 0.15) is 11.7 Å². The van der Waals surface area contributed by atoms with E-state index in [1.807, 2.05) is 0 Å². The highest BCUT2D eigenvalue weighted by atomic mass is 16.4. The molecule has 1 atom stereocenters. The Bertz CT molecular complexity index is 547. The van der Waals surface area contributed by atoms with Crippen LogP contribution in [0, 0.1) is 0 Å². The molecule has 2 heterocycles. The highest BCUT2D eigenvalue weighted by molar-refractivity contribution is 6.00. The molecule has 1 aromatic rings. The van der Waals surface area contributed by atoms with E-state index in [0.717, 1.165) is 0 Å². The number of hydrogen-bond donors (Lipinski definition) is 1. The van der Waals surface area contributed by atoms with E-state index < -0.39 is 12.0 Å². The van der Waals surface area contributed by atoms with E-state index in [2.05, 4.69) is 0 Å². The second-order valence-corrected chi connectivity index (χ2v) is 4.78. The normalized spacial score (nSPS) is 18.6. The van der Waals surface area contributed by atoms with Crippen LogP contribution in [0.15, 0.2) is 12.3 Å². The van der Waals surface area contributed by atoms with Crippen molar-refractivity contribution in [2.75, 3.05) is 6.54 Å². The molecule has 102 valence electrons. The van der Waals surface area contributed by atoms with Crippen LogP contribution in [0.2, 0.25) is 0 Å². The maximum Gasteiger partial charge on any atom is 0.326 e. The Labute approximate surface area is 110 Å². The summed E-state index contributed by atoms with van der Waals surface area (Å²) in [4.78, 5) is 36.1. The molecule has 1 N–H and O–H groups in total. The van der Waals surface area contributed by atoms with Crippen LogP contribution in [-0.4, -0.2) is 44.8 Å². The standard InChI is InChI=1S/C13H16N2O4/c1-8(16)9-6-11(14(2)7-9)12(17)15-5-3-4-10(15)13(18)19/h6-7,10H,3-5H2,1-2H3,(H,18,19)/t10-/m1/s1. The Hall–Kier alpha value is -2.11. The molecule has 0 bridgehead atoms. The number of carbonyl (C=O) groups excluding carboxylic acids is 2. The molecule has 1 aliphatic rings. The lowest BCUT2D eigenvalue weighted by Crippen LogP contribution is -2.41. The summed E-state index contributed by atoms with van der Waals surface area (Å²) in [5, 5.41) is 9.09. The van der Waals surface area contributed by atoms with E-state index in [9.17, 15) is 14.4 Å². The highest BCUT2D eigenvalue weighted by Crippen LogP contribution is 2.21. The molecule has 1 saturated heterocycles. The molecule has 1 fully saturated rings. The van der Waals surface area contributed by atoms with Gasteiger partial charge in [-0.3, -0.25) is 9.59 Å². The lowest BCUT2D eigenvalue weighted by molar-refractivity contribution is -0.141. The summed E-state index contributed by atoms with van der Waals surface area (Å²) < 4.78 is 1.57. The molecule has 0 saturated carbocycles. The summed E-state index contributed by atoms with van der Waals surface area (Å²) in [6.45, 7) is 1.87. The maximum absolute atomic E-state index is 12.3. The molecule has 1 aromatic heterocycles. The third-order valence-electron chi connectivity index (χ3n) is 3.43. The number of hydrogen-bond acceptors (Lipinski definition) is 3. The van der Waals surface area contributed by atoms with Crippen LogP contribution in [0.25, 0.3) is 0 Å². The second-order valence-electron chi connectivity index (χ2n) is 4.78. The minimum atomic E-state index is -0.980. The van der Waals surface area contributed by atoms with Gasteiger partial charge in [-0.1, -0.05) is 0 Å². The number of amides is 1. The molecule has 2 rings (SSSR count). The molecule has 0 radical (unpaired) electrons. The molecular weight excluding hydrogens is 248 g/mol. The van der Waals surface area contributed by atoms with Crippen LogP contribution < -0.4 is 0 Å². The third kappa shape index (κ3) is 2.38. The van der Waals surface area contributed by atoms with E-state index in [4.69, 9.17) is 5.11 Å². The average Bonchev–Trinajstić information content (AvgIpc) is 2.93. The van der Waals surface area contributed by atoms with Crippen LogP contribution in [0.4, 0.5) is 0 Å². The average molecular weight is 264 g/mol. The zero-order chi connectivity index (χ0) is 14.2. The van der Waals surface area contributed by atoms with Gasteiger partial charge >= 0.3 is 5.97 Å². The first-order valence-corrected chi connectivity index (χ1v) is 6.13. The van der Waals surface area contributed by atoms with Crippen LogP contribution in [-0.2, 0) is 11.8 Å². The molecule has 6 heteroatoms. The van der Waals surface area contributed by atoms with E-state index in [-0.39, 0.29) is 11.7 Å². The predicted octanol–water partition coefficient (Wildman–Crippen LogP) is 0.917. The number of likely N-dealkylation sites (tertiary alicyclic amines) is 1. The van der Waals surface area contributed by atoms with Crippen LogP contribution >= 0.6 is 0 Å². The summed E-state index contributed by atoms with van der Waals surface area (Å²) in [7, 11) is 1.67. The van der Waals surface area contributed by atoms with Gasteiger partial charge in [0.2, 0.25) is 0 Å². The molecule has 1 aliphatic heterocycles. The fraction of sp³-hybridized carbons (Fsp3) is 0.462.